The number of aromatic amines is 1. The number of benzene rings is 1. The van der Waals surface area contributed by atoms with Crippen molar-refractivity contribution in [2.24, 2.45) is 0 Å². The Morgan fingerprint density at radius 3 is 2.80 bits per heavy atom. The Labute approximate surface area is 85.2 Å². The zero-order valence-corrected chi connectivity index (χ0v) is 8.28. The Hall–Kier alpha value is -2.04. The second kappa shape index (κ2) is 3.27. The van der Waals surface area contributed by atoms with E-state index < -0.39 is 5.69 Å². The van der Waals surface area contributed by atoms with E-state index in [2.05, 4.69) is 4.98 Å². The molecule has 5 nitrogen and oxygen atoms in total. The van der Waals surface area contributed by atoms with Crippen LogP contribution in [0.2, 0.25) is 0 Å². The molecule has 2 rings (SSSR count). The predicted molar refractivity (Wildman–Crippen MR) is 58.9 cm³/mol. The van der Waals surface area contributed by atoms with E-state index >= 15 is 0 Å². The number of nitrogens with two attached hydrogens (primary N) is 1. The summed E-state index contributed by atoms with van der Waals surface area (Å²) in [7, 11) is 0. The highest BCUT2D eigenvalue weighted by Gasteiger charge is 2.05. The molecule has 5 heteroatoms. The van der Waals surface area contributed by atoms with Gasteiger partial charge >= 0.3 is 5.69 Å². The van der Waals surface area contributed by atoms with Crippen LogP contribution in [0.5, 0.6) is 0 Å². The topological polar surface area (TPSA) is 80.9 Å². The predicted octanol–water partition coefficient (Wildman–Crippen LogP) is 0.292. The van der Waals surface area contributed by atoms with E-state index in [0.29, 0.717) is 23.1 Å². The normalized spacial score (nSPS) is 10.7. The first-order chi connectivity index (χ1) is 7.13. The monoisotopic (exact) mass is 205 g/mol. The van der Waals surface area contributed by atoms with Crippen molar-refractivity contribution in [2.45, 2.75) is 13.5 Å². The van der Waals surface area contributed by atoms with E-state index in [0.717, 1.165) is 4.57 Å². The van der Waals surface area contributed by atoms with E-state index in [9.17, 15) is 9.59 Å². The van der Waals surface area contributed by atoms with Gasteiger partial charge in [0.15, 0.2) is 0 Å². The van der Waals surface area contributed by atoms with Crippen LogP contribution in [-0.4, -0.2) is 9.55 Å². The Balaban J connectivity index is 2.98. The summed E-state index contributed by atoms with van der Waals surface area (Å²) < 4.78 is 1.15. The van der Waals surface area contributed by atoms with Crippen LogP contribution in [0, 0.1) is 0 Å². The molecule has 0 saturated carbocycles. The Kier molecular flexibility index (Phi) is 2.07. The van der Waals surface area contributed by atoms with Gasteiger partial charge in [-0.3, -0.25) is 9.36 Å². The fourth-order valence-corrected chi connectivity index (χ4v) is 1.56. The number of hydrogen-bond acceptors (Lipinski definition) is 3. The van der Waals surface area contributed by atoms with Crippen molar-refractivity contribution in [3.8, 4) is 0 Å². The summed E-state index contributed by atoms with van der Waals surface area (Å²) >= 11 is 0. The summed E-state index contributed by atoms with van der Waals surface area (Å²) in [5, 5.41) is 0.477. The Morgan fingerprint density at radius 2 is 2.13 bits per heavy atom. The maximum atomic E-state index is 11.8. The molecule has 0 amide bonds. The van der Waals surface area contributed by atoms with Gasteiger partial charge in [-0.25, -0.2) is 4.79 Å². The van der Waals surface area contributed by atoms with Crippen LogP contribution in [0.25, 0.3) is 10.9 Å². The van der Waals surface area contributed by atoms with Gasteiger partial charge in [-0.1, -0.05) is 0 Å². The van der Waals surface area contributed by atoms with Gasteiger partial charge in [0, 0.05) is 12.2 Å². The van der Waals surface area contributed by atoms with Crippen molar-refractivity contribution in [2.75, 3.05) is 5.73 Å². The van der Waals surface area contributed by atoms with Crippen molar-refractivity contribution < 1.29 is 0 Å². The molecule has 3 N–H and O–H groups in total. The molecule has 0 bridgehead atoms. The largest absolute Gasteiger partial charge is 0.399 e. The molecular formula is C10H11N3O2. The summed E-state index contributed by atoms with van der Waals surface area (Å²) in [6, 6.07) is 4.84. The highest BCUT2D eigenvalue weighted by atomic mass is 16.2. The van der Waals surface area contributed by atoms with Gasteiger partial charge in [-0.2, -0.15) is 0 Å². The summed E-state index contributed by atoms with van der Waals surface area (Å²) in [6.45, 7) is 2.11. The Bertz CT molecular complexity index is 625. The van der Waals surface area contributed by atoms with Crippen LogP contribution in [0.15, 0.2) is 27.8 Å². The molecule has 0 saturated heterocycles. The lowest BCUT2D eigenvalue weighted by Crippen LogP contribution is -2.34. The number of aromatic nitrogens is 2. The van der Waals surface area contributed by atoms with Crippen LogP contribution >= 0.6 is 0 Å². The van der Waals surface area contributed by atoms with Gasteiger partial charge in [-0.15, -0.1) is 0 Å². The molecule has 0 aliphatic carbocycles. The van der Waals surface area contributed by atoms with Gasteiger partial charge < -0.3 is 10.7 Å². The summed E-state index contributed by atoms with van der Waals surface area (Å²) in [6.07, 6.45) is 0. The molecule has 15 heavy (non-hydrogen) atoms. The highest BCUT2D eigenvalue weighted by Crippen LogP contribution is 2.09. The number of fused-ring (bicyclic) bond motifs is 1. The molecule has 0 unspecified atom stereocenters. The average molecular weight is 205 g/mol. The van der Waals surface area contributed by atoms with Crippen molar-refractivity contribution in [3.05, 3.63) is 39.0 Å². The second-order valence-corrected chi connectivity index (χ2v) is 3.28. The lowest BCUT2D eigenvalue weighted by molar-refractivity contribution is 0.684. The molecule has 0 atom stereocenters. The van der Waals surface area contributed by atoms with E-state index in [4.69, 9.17) is 5.73 Å². The third-order valence-electron chi connectivity index (χ3n) is 2.32. The average Bonchev–Trinajstić information content (AvgIpc) is 2.17. The molecule has 78 valence electrons. The standard InChI is InChI=1S/C10H11N3O2/c1-2-13-9(14)7-4-3-6(11)5-8(7)12-10(13)15/h3-5H,2,11H2,1H3,(H,12,15). The number of H-pyrrole nitrogens is 1. The number of nitrogen functional groups attached to an aromatic ring is 1. The van der Waals surface area contributed by atoms with E-state index in [-0.39, 0.29) is 5.56 Å². The molecular weight excluding hydrogens is 194 g/mol. The van der Waals surface area contributed by atoms with Gasteiger partial charge in [0.25, 0.3) is 5.56 Å². The molecule has 1 heterocycles. The summed E-state index contributed by atoms with van der Waals surface area (Å²) in [4.78, 5) is 25.9. The maximum Gasteiger partial charge on any atom is 0.328 e. The number of rotatable bonds is 1. The molecule has 1 aromatic carbocycles. The number of anilines is 1. The Morgan fingerprint density at radius 1 is 1.40 bits per heavy atom. The summed E-state index contributed by atoms with van der Waals surface area (Å²) in [5.41, 5.74) is 5.88. The number of nitrogens with zero attached hydrogens (tertiary/aromatic N) is 1. The fraction of sp³-hybridized carbons (Fsp3) is 0.200. The van der Waals surface area contributed by atoms with Crippen molar-refractivity contribution >= 4 is 16.6 Å². The van der Waals surface area contributed by atoms with Crippen LogP contribution in [0.4, 0.5) is 5.69 Å². The maximum absolute atomic E-state index is 11.8. The van der Waals surface area contributed by atoms with Crippen LogP contribution in [0.3, 0.4) is 0 Å². The van der Waals surface area contributed by atoms with Crippen LogP contribution in [-0.2, 0) is 6.54 Å². The number of hydrogen-bond donors (Lipinski definition) is 2. The highest BCUT2D eigenvalue weighted by molar-refractivity contribution is 5.80. The molecule has 2 aromatic rings. The van der Waals surface area contributed by atoms with Gasteiger partial charge in [-0.05, 0) is 25.1 Å². The molecule has 0 aliphatic heterocycles. The van der Waals surface area contributed by atoms with Gasteiger partial charge in [0.2, 0.25) is 0 Å². The first kappa shape index (κ1) is 9.51. The molecule has 0 aliphatic rings. The lowest BCUT2D eigenvalue weighted by Gasteiger charge is -2.03. The first-order valence-corrected chi connectivity index (χ1v) is 4.66. The smallest absolute Gasteiger partial charge is 0.328 e. The lowest BCUT2D eigenvalue weighted by atomic mass is 10.2. The zero-order valence-electron chi connectivity index (χ0n) is 8.28. The minimum atomic E-state index is -0.402. The molecule has 0 radical (unpaired) electrons. The van der Waals surface area contributed by atoms with E-state index in [1.807, 2.05) is 0 Å². The van der Waals surface area contributed by atoms with E-state index in [1.165, 1.54) is 0 Å². The summed E-state index contributed by atoms with van der Waals surface area (Å²) in [5.74, 6) is 0. The third kappa shape index (κ3) is 1.41. The zero-order chi connectivity index (χ0) is 11.0. The van der Waals surface area contributed by atoms with E-state index in [1.54, 1.807) is 25.1 Å². The first-order valence-electron chi connectivity index (χ1n) is 4.66. The second-order valence-electron chi connectivity index (χ2n) is 3.28. The molecule has 0 spiro atoms. The van der Waals surface area contributed by atoms with Gasteiger partial charge in [0.05, 0.1) is 10.9 Å². The minimum absolute atomic E-state index is 0.281. The minimum Gasteiger partial charge on any atom is -0.399 e. The van der Waals surface area contributed by atoms with Crippen molar-refractivity contribution in [1.82, 2.24) is 9.55 Å². The fourth-order valence-electron chi connectivity index (χ4n) is 1.56. The molecule has 0 fully saturated rings. The van der Waals surface area contributed by atoms with Crippen molar-refractivity contribution in [1.29, 1.82) is 0 Å². The van der Waals surface area contributed by atoms with Gasteiger partial charge in [0.1, 0.15) is 0 Å². The quantitative estimate of drug-likeness (QED) is 0.656. The van der Waals surface area contributed by atoms with Crippen LogP contribution in [0.1, 0.15) is 6.92 Å². The number of nitrogens with one attached hydrogen (secondary N) is 1. The SMILES string of the molecule is CCn1c(=O)[nH]c2cc(N)ccc2c1=O. The van der Waals surface area contributed by atoms with Crippen molar-refractivity contribution in [3.63, 3.8) is 0 Å². The van der Waals surface area contributed by atoms with Crippen LogP contribution < -0.4 is 17.0 Å². The molecule has 1 aromatic heterocycles. The third-order valence-corrected chi connectivity index (χ3v) is 2.32.